The highest BCUT2D eigenvalue weighted by molar-refractivity contribution is 7.13. The smallest absolute Gasteiger partial charge is 0.526 e. The van der Waals surface area contributed by atoms with Gasteiger partial charge in [-0.1, -0.05) is 23.4 Å². The topological polar surface area (TPSA) is 107 Å². The van der Waals surface area contributed by atoms with Gasteiger partial charge in [-0.05, 0) is 24.5 Å². The van der Waals surface area contributed by atoms with Gasteiger partial charge in [-0.15, -0.1) is 11.3 Å². The number of aromatic nitrogens is 1. The van der Waals surface area contributed by atoms with Crippen LogP contribution in [0.4, 0.5) is 18.3 Å². The molecule has 0 spiro atoms. The van der Waals surface area contributed by atoms with Crippen LogP contribution in [0.15, 0.2) is 28.7 Å². The Labute approximate surface area is 168 Å². The fraction of sp³-hybridized carbons (Fsp3) is 0.353. The number of Topliss-reactive ketones (excluding diaryl/α,β-unsaturated/α-hetero) is 1. The Morgan fingerprint density at radius 1 is 1.52 bits per heavy atom. The highest BCUT2D eigenvalue weighted by Gasteiger charge is 2.38. The van der Waals surface area contributed by atoms with Gasteiger partial charge in [0.15, 0.2) is 16.6 Å². The molecule has 7 nitrogen and oxygen atoms in total. The Kier molecular flexibility index (Phi) is 6.13. The van der Waals surface area contributed by atoms with Gasteiger partial charge in [0.25, 0.3) is 0 Å². The average molecular weight is 427 g/mol. The van der Waals surface area contributed by atoms with Crippen molar-refractivity contribution in [1.82, 2.24) is 4.98 Å². The molecular formula is C17H17BF3N3O4S. The van der Waals surface area contributed by atoms with Gasteiger partial charge in [0, 0.05) is 17.6 Å². The third-order valence-corrected chi connectivity index (χ3v) is 4.95. The Morgan fingerprint density at radius 3 is 2.93 bits per heavy atom. The second kappa shape index (κ2) is 8.41. The number of hydrogen-bond donors (Lipinski definition) is 2. The first-order valence-electron chi connectivity index (χ1n) is 8.58. The van der Waals surface area contributed by atoms with E-state index in [1.807, 2.05) is 25.1 Å². The van der Waals surface area contributed by atoms with E-state index in [0.717, 1.165) is 22.5 Å². The minimum absolute atomic E-state index is 0.0159. The van der Waals surface area contributed by atoms with Crippen molar-refractivity contribution < 1.29 is 32.5 Å². The highest BCUT2D eigenvalue weighted by Crippen LogP contribution is 2.36. The number of nitrogens with two attached hydrogens (primary N) is 1. The van der Waals surface area contributed by atoms with Gasteiger partial charge >= 0.3 is 13.3 Å². The molecule has 1 atom stereocenters. The summed E-state index contributed by atoms with van der Waals surface area (Å²) in [5.41, 5.74) is 6.86. The zero-order valence-corrected chi connectivity index (χ0v) is 16.1. The third kappa shape index (κ3) is 5.27. The van der Waals surface area contributed by atoms with Gasteiger partial charge in [0.1, 0.15) is 11.4 Å². The fourth-order valence-electron chi connectivity index (χ4n) is 2.96. The number of oxime groups is 1. The van der Waals surface area contributed by atoms with Gasteiger partial charge in [-0.25, -0.2) is 4.98 Å². The van der Waals surface area contributed by atoms with Crippen LogP contribution in [-0.4, -0.2) is 41.4 Å². The van der Waals surface area contributed by atoms with Gasteiger partial charge in [0.05, 0.1) is 0 Å². The molecule has 0 radical (unpaired) electrons. The number of carbonyl (C=O) groups excluding carboxylic acids is 1. The van der Waals surface area contributed by atoms with Crippen LogP contribution in [0.25, 0.3) is 0 Å². The maximum Gasteiger partial charge on any atom is 0.526 e. The molecule has 1 aromatic heterocycles. The van der Waals surface area contributed by atoms with Crippen molar-refractivity contribution in [3.05, 3.63) is 40.4 Å². The number of ketones is 1. The summed E-state index contributed by atoms with van der Waals surface area (Å²) in [5.74, 6) is -0.680. The zero-order chi connectivity index (χ0) is 21.2. The van der Waals surface area contributed by atoms with E-state index in [0.29, 0.717) is 12.2 Å². The molecular weight excluding hydrogens is 410 g/mol. The third-order valence-electron chi connectivity index (χ3n) is 4.28. The Bertz CT molecular complexity index is 935. The summed E-state index contributed by atoms with van der Waals surface area (Å²) < 4.78 is 42.6. The Balaban J connectivity index is 1.78. The maximum atomic E-state index is 12.8. The Hall–Kier alpha value is -2.60. The van der Waals surface area contributed by atoms with E-state index in [2.05, 4.69) is 15.0 Å². The van der Waals surface area contributed by atoms with Crippen LogP contribution in [-0.2, 0) is 16.1 Å². The number of nitrogen functional groups attached to an aromatic ring is 1. The monoisotopic (exact) mass is 427 g/mol. The molecule has 12 heteroatoms. The molecule has 0 amide bonds. The molecule has 1 aliphatic rings. The number of fused-ring (bicyclic) bond motifs is 1. The van der Waals surface area contributed by atoms with Crippen molar-refractivity contribution in [3.8, 4) is 5.75 Å². The van der Waals surface area contributed by atoms with E-state index in [1.54, 1.807) is 0 Å². The molecule has 1 aromatic carbocycles. The predicted molar refractivity (Wildman–Crippen MR) is 102 cm³/mol. The number of aryl methyl sites for hydroxylation is 1. The molecule has 29 heavy (non-hydrogen) atoms. The van der Waals surface area contributed by atoms with Crippen LogP contribution in [0.1, 0.15) is 23.2 Å². The number of hydrogen-bond acceptors (Lipinski definition) is 8. The quantitative estimate of drug-likeness (QED) is 0.417. The molecule has 0 saturated heterocycles. The number of thiazole rings is 1. The summed E-state index contributed by atoms with van der Waals surface area (Å²) in [6.45, 7) is 0.192. The second-order valence-electron chi connectivity index (χ2n) is 6.56. The lowest BCUT2D eigenvalue weighted by Crippen LogP contribution is -2.36. The average Bonchev–Trinajstić information content (AvgIpc) is 3.05. The van der Waals surface area contributed by atoms with Crippen LogP contribution in [0, 0.1) is 6.92 Å². The number of nitrogens with zero attached hydrogens (tertiary/aromatic N) is 2. The van der Waals surface area contributed by atoms with E-state index < -0.39 is 31.5 Å². The van der Waals surface area contributed by atoms with Crippen molar-refractivity contribution in [2.45, 2.75) is 31.8 Å². The molecule has 0 unspecified atom stereocenters. The van der Waals surface area contributed by atoms with Gasteiger partial charge in [-0.3, -0.25) is 4.79 Å². The summed E-state index contributed by atoms with van der Waals surface area (Å²) in [6, 6.07) is 5.50. The summed E-state index contributed by atoms with van der Waals surface area (Å²) in [6.07, 6.45) is -4.46. The van der Waals surface area contributed by atoms with E-state index in [1.165, 1.54) is 5.38 Å². The standard InChI is InChI=1S/C17H17BF3N3O4S/c1-9-3-2-4-10-5-11(18(26)28-15(9)10)6-13(25)14(12-7-29-16(22)23-12)24-27-8-17(19,20)21/h2-4,7,11,26H,5-6,8H2,1H3,(H2,22,23)/b24-14-/t11-/m1/s1. The van der Waals surface area contributed by atoms with Crippen molar-refractivity contribution in [1.29, 1.82) is 0 Å². The van der Waals surface area contributed by atoms with Crippen LogP contribution >= 0.6 is 11.3 Å². The van der Waals surface area contributed by atoms with Crippen molar-refractivity contribution in [3.63, 3.8) is 0 Å². The lowest BCUT2D eigenvalue weighted by atomic mass is 9.64. The molecule has 0 fully saturated rings. The van der Waals surface area contributed by atoms with E-state index in [-0.39, 0.29) is 23.0 Å². The first-order valence-corrected chi connectivity index (χ1v) is 9.46. The fourth-order valence-corrected chi connectivity index (χ4v) is 3.51. The number of benzene rings is 1. The van der Waals surface area contributed by atoms with Gasteiger partial charge in [0.2, 0.25) is 6.61 Å². The molecule has 0 bridgehead atoms. The Morgan fingerprint density at radius 2 is 2.28 bits per heavy atom. The number of halogens is 3. The van der Waals surface area contributed by atoms with Crippen molar-refractivity contribution in [2.75, 3.05) is 12.3 Å². The van der Waals surface area contributed by atoms with Gasteiger partial charge < -0.3 is 20.2 Å². The summed E-state index contributed by atoms with van der Waals surface area (Å²) in [4.78, 5) is 21.0. The SMILES string of the molecule is Cc1cccc2c1OB(O)[C@@H](CC(=O)/C(=N\OCC(F)(F)F)c1csc(N)n1)C2. The van der Waals surface area contributed by atoms with Crippen LogP contribution in [0.3, 0.4) is 0 Å². The normalized spacial score (nSPS) is 16.9. The molecule has 2 heterocycles. The highest BCUT2D eigenvalue weighted by atomic mass is 32.1. The molecule has 2 aromatic rings. The molecule has 154 valence electrons. The zero-order valence-electron chi connectivity index (χ0n) is 15.3. The van der Waals surface area contributed by atoms with Crippen molar-refractivity contribution >= 4 is 35.1 Å². The van der Waals surface area contributed by atoms with Crippen molar-refractivity contribution in [2.24, 2.45) is 5.16 Å². The lowest BCUT2D eigenvalue weighted by Gasteiger charge is -2.28. The largest absolute Gasteiger partial charge is 0.536 e. The number of para-hydroxylation sites is 1. The van der Waals surface area contributed by atoms with Crippen LogP contribution < -0.4 is 10.4 Å². The summed E-state index contributed by atoms with van der Waals surface area (Å²) in [5, 5.41) is 15.2. The van der Waals surface area contributed by atoms with E-state index in [4.69, 9.17) is 10.4 Å². The number of carbonyl (C=O) groups is 1. The second-order valence-corrected chi connectivity index (χ2v) is 7.45. The number of anilines is 1. The van der Waals surface area contributed by atoms with E-state index >= 15 is 0 Å². The number of alkyl halides is 3. The molecule has 3 rings (SSSR count). The maximum absolute atomic E-state index is 12.8. The number of rotatable bonds is 6. The molecule has 0 saturated carbocycles. The first-order chi connectivity index (χ1) is 13.6. The predicted octanol–water partition coefficient (Wildman–Crippen LogP) is 2.76. The minimum atomic E-state index is -4.60. The molecule has 0 aliphatic carbocycles. The molecule has 3 N–H and O–H groups in total. The van der Waals surface area contributed by atoms with Gasteiger partial charge in [-0.2, -0.15) is 13.2 Å². The van der Waals surface area contributed by atoms with Crippen LogP contribution in [0.5, 0.6) is 5.75 Å². The summed E-state index contributed by atoms with van der Waals surface area (Å²) in [7, 11) is -1.25. The minimum Gasteiger partial charge on any atom is -0.536 e. The summed E-state index contributed by atoms with van der Waals surface area (Å²) >= 11 is 1.01. The van der Waals surface area contributed by atoms with Crippen LogP contribution in [0.2, 0.25) is 5.82 Å². The lowest BCUT2D eigenvalue weighted by molar-refractivity contribution is -0.173. The first kappa shape index (κ1) is 21.1. The van der Waals surface area contributed by atoms with E-state index in [9.17, 15) is 23.0 Å². The molecule has 1 aliphatic heterocycles.